The van der Waals surface area contributed by atoms with Crippen molar-refractivity contribution in [3.63, 3.8) is 0 Å². The Morgan fingerprint density at radius 1 is 1.45 bits per heavy atom. The largest absolute Gasteiger partial charge is 0.508 e. The van der Waals surface area contributed by atoms with Crippen LogP contribution in [0.2, 0.25) is 0 Å². The lowest BCUT2D eigenvalue weighted by Crippen LogP contribution is -2.20. The van der Waals surface area contributed by atoms with E-state index >= 15 is 0 Å². The number of phenols is 1. The van der Waals surface area contributed by atoms with E-state index in [0.29, 0.717) is 18.5 Å². The number of sulfonamides is 1. The van der Waals surface area contributed by atoms with E-state index in [4.69, 9.17) is 0 Å². The molecule has 1 heterocycles. The molecule has 3 N–H and O–H groups in total. The van der Waals surface area contributed by atoms with Gasteiger partial charge in [0, 0.05) is 24.6 Å². The van der Waals surface area contributed by atoms with Gasteiger partial charge >= 0.3 is 0 Å². The molecule has 0 saturated carbocycles. The summed E-state index contributed by atoms with van der Waals surface area (Å²) in [4.78, 5) is 4.26. The average molecular weight is 297 g/mol. The van der Waals surface area contributed by atoms with E-state index in [1.807, 2.05) is 0 Å². The van der Waals surface area contributed by atoms with Gasteiger partial charge in [0.2, 0.25) is 10.0 Å². The lowest BCUT2D eigenvalue weighted by molar-refractivity contribution is 0.470. The molecule has 110 valence electrons. The first-order valence-electron chi connectivity index (χ1n) is 6.60. The van der Waals surface area contributed by atoms with Crippen molar-refractivity contribution in [3.8, 4) is 5.75 Å². The Bertz CT molecular complexity index is 611. The van der Waals surface area contributed by atoms with Gasteiger partial charge in [-0.15, -0.1) is 0 Å². The van der Waals surface area contributed by atoms with E-state index in [1.165, 1.54) is 6.07 Å². The second kappa shape index (κ2) is 6.13. The Balaban J connectivity index is 2.09. The molecule has 0 bridgehead atoms. The zero-order valence-electron chi connectivity index (χ0n) is 11.4. The normalized spacial score (nSPS) is 14.8. The van der Waals surface area contributed by atoms with Gasteiger partial charge in [0.05, 0.1) is 18.0 Å². The minimum Gasteiger partial charge on any atom is -0.508 e. The fraction of sp³-hybridized carbons (Fsp3) is 0.462. The van der Waals surface area contributed by atoms with Gasteiger partial charge in [0.25, 0.3) is 0 Å². The van der Waals surface area contributed by atoms with Gasteiger partial charge in [-0.1, -0.05) is 13.0 Å². The van der Waals surface area contributed by atoms with Crippen molar-refractivity contribution in [2.75, 3.05) is 23.6 Å². The third-order valence-corrected chi connectivity index (χ3v) is 4.43. The predicted molar refractivity (Wildman–Crippen MR) is 79.8 cm³/mol. The lowest BCUT2D eigenvalue weighted by Gasteiger charge is -2.10. The van der Waals surface area contributed by atoms with Crippen molar-refractivity contribution in [3.05, 3.63) is 23.8 Å². The van der Waals surface area contributed by atoms with Gasteiger partial charge in [-0.3, -0.25) is 9.71 Å². The van der Waals surface area contributed by atoms with Gasteiger partial charge in [-0.05, 0) is 12.5 Å². The molecular formula is C13H19N3O3S. The van der Waals surface area contributed by atoms with E-state index in [0.717, 1.165) is 24.5 Å². The molecule has 0 spiro atoms. The summed E-state index contributed by atoms with van der Waals surface area (Å²) in [6.07, 6.45) is 1.07. The summed E-state index contributed by atoms with van der Waals surface area (Å²) >= 11 is 0. The van der Waals surface area contributed by atoms with Crippen LogP contribution in [0, 0.1) is 0 Å². The molecule has 1 aliphatic heterocycles. The minimum atomic E-state index is -3.33. The van der Waals surface area contributed by atoms with E-state index in [9.17, 15) is 13.5 Å². The Hall–Kier alpha value is -1.76. The quantitative estimate of drug-likeness (QED) is 0.733. The molecular weight excluding hydrogens is 278 g/mol. The predicted octanol–water partition coefficient (Wildman–Crippen LogP) is 1.09. The molecule has 0 amide bonds. The number of benzene rings is 1. The molecule has 0 saturated heterocycles. The van der Waals surface area contributed by atoms with Gasteiger partial charge in [-0.2, -0.15) is 0 Å². The zero-order chi connectivity index (χ0) is 14.6. The van der Waals surface area contributed by atoms with Crippen LogP contribution in [-0.4, -0.2) is 38.2 Å². The number of nitrogens with zero attached hydrogens (tertiary/aromatic N) is 1. The van der Waals surface area contributed by atoms with E-state index in [-0.39, 0.29) is 11.5 Å². The molecule has 0 fully saturated rings. The number of hydrogen-bond donors (Lipinski definition) is 3. The molecule has 0 aromatic heterocycles. The standard InChI is InChI=1S/C13H19N3O3S/c1-2-7-20(18,19)16-11-4-3-10(12(17)9-11)8-13-14-5-6-15-13/h3-4,9,16-17H,2,5-8H2,1H3,(H,14,15). The molecule has 0 unspecified atom stereocenters. The molecule has 1 aromatic rings. The number of rotatable bonds is 6. The fourth-order valence-electron chi connectivity index (χ4n) is 2.02. The average Bonchev–Trinajstić information content (AvgIpc) is 2.85. The number of amidine groups is 1. The summed E-state index contributed by atoms with van der Waals surface area (Å²) in [5.74, 6) is 0.980. The van der Waals surface area contributed by atoms with Gasteiger partial charge in [-0.25, -0.2) is 8.42 Å². The Morgan fingerprint density at radius 2 is 2.25 bits per heavy atom. The second-order valence-corrected chi connectivity index (χ2v) is 6.54. The summed E-state index contributed by atoms with van der Waals surface area (Å²) in [5, 5.41) is 13.1. The summed E-state index contributed by atoms with van der Waals surface area (Å²) in [6.45, 7) is 3.38. The van der Waals surface area contributed by atoms with Crippen molar-refractivity contribution in [2.45, 2.75) is 19.8 Å². The van der Waals surface area contributed by atoms with Crippen molar-refractivity contribution in [2.24, 2.45) is 4.99 Å². The number of nitrogens with one attached hydrogen (secondary N) is 2. The van der Waals surface area contributed by atoms with Crippen LogP contribution in [0.4, 0.5) is 5.69 Å². The van der Waals surface area contributed by atoms with Gasteiger partial charge in [0.15, 0.2) is 0 Å². The Labute approximate surface area is 119 Å². The number of phenolic OH excluding ortho intramolecular Hbond substituents is 1. The summed E-state index contributed by atoms with van der Waals surface area (Å²) in [6, 6.07) is 4.79. The number of anilines is 1. The summed E-state index contributed by atoms with van der Waals surface area (Å²) in [7, 11) is -3.33. The highest BCUT2D eigenvalue weighted by Crippen LogP contribution is 2.23. The minimum absolute atomic E-state index is 0.0657. The lowest BCUT2D eigenvalue weighted by atomic mass is 10.1. The van der Waals surface area contributed by atoms with Crippen LogP contribution in [0.15, 0.2) is 23.2 Å². The number of hydrogen-bond acceptors (Lipinski definition) is 5. The van der Waals surface area contributed by atoms with Crippen LogP contribution in [0.5, 0.6) is 5.75 Å². The molecule has 0 radical (unpaired) electrons. The summed E-state index contributed by atoms with van der Waals surface area (Å²) in [5.41, 5.74) is 1.10. The van der Waals surface area contributed by atoms with Crippen molar-refractivity contribution >= 4 is 21.5 Å². The highest BCUT2D eigenvalue weighted by atomic mass is 32.2. The van der Waals surface area contributed by atoms with Crippen molar-refractivity contribution in [1.82, 2.24) is 5.32 Å². The van der Waals surface area contributed by atoms with Gasteiger partial charge < -0.3 is 10.4 Å². The molecule has 1 aliphatic rings. The molecule has 0 aliphatic carbocycles. The molecule has 2 rings (SSSR count). The van der Waals surface area contributed by atoms with E-state index < -0.39 is 10.0 Å². The molecule has 6 nitrogen and oxygen atoms in total. The SMILES string of the molecule is CCCS(=O)(=O)Nc1ccc(CC2=NCCN2)c(O)c1. The smallest absolute Gasteiger partial charge is 0.232 e. The van der Waals surface area contributed by atoms with Crippen LogP contribution >= 0.6 is 0 Å². The van der Waals surface area contributed by atoms with Crippen molar-refractivity contribution in [1.29, 1.82) is 0 Å². The van der Waals surface area contributed by atoms with E-state index in [2.05, 4.69) is 15.0 Å². The maximum atomic E-state index is 11.7. The first-order valence-corrected chi connectivity index (χ1v) is 8.25. The molecule has 0 atom stereocenters. The van der Waals surface area contributed by atoms with Crippen LogP contribution in [0.25, 0.3) is 0 Å². The first kappa shape index (κ1) is 14.6. The third-order valence-electron chi connectivity index (χ3n) is 2.93. The monoisotopic (exact) mass is 297 g/mol. The van der Waals surface area contributed by atoms with Crippen LogP contribution in [-0.2, 0) is 16.4 Å². The molecule has 20 heavy (non-hydrogen) atoms. The highest BCUT2D eigenvalue weighted by molar-refractivity contribution is 7.92. The number of aliphatic imine (C=N–C) groups is 1. The Morgan fingerprint density at radius 3 is 2.85 bits per heavy atom. The molecule has 1 aromatic carbocycles. The second-order valence-electron chi connectivity index (χ2n) is 4.70. The summed E-state index contributed by atoms with van der Waals surface area (Å²) < 4.78 is 25.8. The molecule has 7 heteroatoms. The maximum Gasteiger partial charge on any atom is 0.232 e. The van der Waals surface area contributed by atoms with Gasteiger partial charge in [0.1, 0.15) is 11.6 Å². The van der Waals surface area contributed by atoms with Crippen LogP contribution < -0.4 is 10.0 Å². The van der Waals surface area contributed by atoms with E-state index in [1.54, 1.807) is 19.1 Å². The maximum absolute atomic E-state index is 11.7. The highest BCUT2D eigenvalue weighted by Gasteiger charge is 2.12. The van der Waals surface area contributed by atoms with Crippen molar-refractivity contribution < 1.29 is 13.5 Å². The van der Waals surface area contributed by atoms with Crippen LogP contribution in [0.3, 0.4) is 0 Å². The third kappa shape index (κ3) is 3.86. The van der Waals surface area contributed by atoms with Crippen LogP contribution in [0.1, 0.15) is 18.9 Å². The fourth-order valence-corrected chi connectivity index (χ4v) is 3.15. The topological polar surface area (TPSA) is 90.8 Å². The number of aromatic hydroxyl groups is 1. The Kier molecular flexibility index (Phi) is 4.49. The first-order chi connectivity index (χ1) is 9.50. The zero-order valence-corrected chi connectivity index (χ0v) is 12.2.